The molecule has 0 aromatic heterocycles. The second-order valence-corrected chi connectivity index (χ2v) is 16.2. The number of carbonyl (C=O) groups is 3. The van der Waals surface area contributed by atoms with E-state index in [0.29, 0.717) is 63.8 Å². The van der Waals surface area contributed by atoms with E-state index in [9.17, 15) is 18.4 Å². The fourth-order valence-corrected chi connectivity index (χ4v) is 8.52. The van der Waals surface area contributed by atoms with Crippen LogP contribution >= 0.6 is 11.6 Å². The number of unbranched alkanes of at least 4 members (excludes halogenated alkanes) is 1. The molecular formula is C45H55ClF2N4O10. The van der Waals surface area contributed by atoms with Crippen molar-refractivity contribution in [1.82, 2.24) is 20.5 Å². The predicted octanol–water partition coefficient (Wildman–Crippen LogP) is 7.44. The maximum atomic E-state index is 15.4. The molecule has 3 aliphatic rings. The lowest BCUT2D eigenvalue weighted by Gasteiger charge is -2.49. The van der Waals surface area contributed by atoms with Crippen molar-refractivity contribution in [2.24, 2.45) is 5.92 Å². The number of nitrogens with one attached hydrogen (secondary N) is 1. The van der Waals surface area contributed by atoms with Crippen molar-refractivity contribution < 1.29 is 57.4 Å². The van der Waals surface area contributed by atoms with Gasteiger partial charge in [-0.25, -0.2) is 13.6 Å². The Morgan fingerprint density at radius 3 is 2.32 bits per heavy atom. The third-order valence-electron chi connectivity index (χ3n) is 11.5. The number of ether oxygens (including phenoxy) is 4. The second kappa shape index (κ2) is 22.0. The maximum absolute atomic E-state index is 15.4. The summed E-state index contributed by atoms with van der Waals surface area (Å²) < 4.78 is 50.1. The fraction of sp³-hybridized carbons (Fsp3) is 0.489. The van der Waals surface area contributed by atoms with Crippen LogP contribution < -0.4 is 14.8 Å². The summed E-state index contributed by atoms with van der Waals surface area (Å²) in [6.45, 7) is 3.06. The third-order valence-corrected chi connectivity index (χ3v) is 11.9. The highest BCUT2D eigenvalue weighted by Crippen LogP contribution is 2.46. The van der Waals surface area contributed by atoms with E-state index in [2.05, 4.69) is 10.2 Å². The fourth-order valence-electron chi connectivity index (χ4n) is 8.31. The van der Waals surface area contributed by atoms with E-state index < -0.39 is 40.8 Å². The van der Waals surface area contributed by atoms with Gasteiger partial charge in [-0.2, -0.15) is 0 Å². The Morgan fingerprint density at radius 1 is 0.903 bits per heavy atom. The summed E-state index contributed by atoms with van der Waals surface area (Å²) in [5.74, 6) is -1.98. The number of nitrogens with zero attached hydrogens (tertiary/aromatic N) is 3. The van der Waals surface area contributed by atoms with Gasteiger partial charge in [-0.3, -0.25) is 29.7 Å². The summed E-state index contributed by atoms with van der Waals surface area (Å²) in [5.41, 5.74) is 4.87. The van der Waals surface area contributed by atoms with E-state index in [1.54, 1.807) is 19.1 Å². The average Bonchev–Trinajstić information content (AvgIpc) is 4.10. The number of hydrogen-bond acceptors (Lipinski definition) is 11. The van der Waals surface area contributed by atoms with Crippen LogP contribution in [0.15, 0.2) is 60.2 Å². The van der Waals surface area contributed by atoms with Crippen molar-refractivity contribution >= 4 is 35.1 Å². The standard InChI is InChI=1S/C45H55ClF2N4O10/c1-28-23-30(10-17-39(28)59-3)27-50(33-13-14-33)44(54)40-35(31-11-8-29(9-12-31)7-6-20-60-42-37(48)16-15-36(47)41(42)46)26-34-24-32(43(53)49-18-22-58-2)25-38(40)51(34)45(55)61-19-4-5-21-62-52(56)57/h8-12,15-17,23,32-34,38,56-57H,4-7,13-14,18-22,24-27H2,1-3H3,(H,49,53). The molecule has 17 heteroatoms. The molecule has 336 valence electrons. The molecule has 3 atom stereocenters. The highest BCUT2D eigenvalue weighted by atomic mass is 35.5. The van der Waals surface area contributed by atoms with Gasteiger partial charge in [-0.1, -0.05) is 48.0 Å². The summed E-state index contributed by atoms with van der Waals surface area (Å²) in [5, 5.41) is 19.8. The van der Waals surface area contributed by atoms with Crippen molar-refractivity contribution in [3.8, 4) is 11.5 Å². The molecule has 14 nitrogen and oxygen atoms in total. The molecule has 2 fully saturated rings. The van der Waals surface area contributed by atoms with Gasteiger partial charge in [0.25, 0.3) is 5.91 Å². The van der Waals surface area contributed by atoms with Crippen LogP contribution in [0.3, 0.4) is 0 Å². The number of methoxy groups -OCH3 is 2. The molecule has 3 amide bonds. The van der Waals surface area contributed by atoms with Gasteiger partial charge in [-0.15, -0.1) is 0 Å². The minimum atomic E-state index is -0.790. The summed E-state index contributed by atoms with van der Waals surface area (Å²) in [4.78, 5) is 51.3. The van der Waals surface area contributed by atoms with Gasteiger partial charge in [-0.05, 0) is 111 Å². The van der Waals surface area contributed by atoms with Crippen molar-refractivity contribution in [2.75, 3.05) is 47.2 Å². The molecule has 3 aromatic rings. The highest BCUT2D eigenvalue weighted by molar-refractivity contribution is 6.32. The lowest BCUT2D eigenvalue weighted by atomic mass is 9.73. The second-order valence-electron chi connectivity index (χ2n) is 15.8. The summed E-state index contributed by atoms with van der Waals surface area (Å²) in [7, 11) is 3.17. The number of piperidine rings is 1. The van der Waals surface area contributed by atoms with Gasteiger partial charge in [0.15, 0.2) is 11.6 Å². The van der Waals surface area contributed by atoms with Crippen molar-refractivity contribution in [3.63, 3.8) is 0 Å². The molecule has 62 heavy (non-hydrogen) atoms. The van der Waals surface area contributed by atoms with Gasteiger partial charge >= 0.3 is 6.09 Å². The van der Waals surface area contributed by atoms with E-state index in [1.807, 2.05) is 54.3 Å². The molecule has 2 aliphatic heterocycles. The molecular weight excluding hydrogens is 830 g/mol. The first kappa shape index (κ1) is 46.7. The van der Waals surface area contributed by atoms with Crippen molar-refractivity contribution in [3.05, 3.63) is 99.1 Å². The summed E-state index contributed by atoms with van der Waals surface area (Å²) >= 11 is 5.93. The minimum Gasteiger partial charge on any atom is -0.496 e. The van der Waals surface area contributed by atoms with Gasteiger partial charge in [0.05, 0.1) is 45.0 Å². The molecule has 6 rings (SSSR count). The Bertz CT molecular complexity index is 2070. The molecule has 3 unspecified atom stereocenters. The third kappa shape index (κ3) is 11.8. The van der Waals surface area contributed by atoms with Crippen molar-refractivity contribution in [2.45, 2.75) is 89.4 Å². The maximum Gasteiger partial charge on any atom is 0.410 e. The zero-order valence-electron chi connectivity index (χ0n) is 35.2. The van der Waals surface area contributed by atoms with Crippen LogP contribution in [-0.4, -0.2) is 109 Å². The van der Waals surface area contributed by atoms with E-state index in [0.717, 1.165) is 58.6 Å². The van der Waals surface area contributed by atoms with E-state index in [4.69, 9.17) is 41.0 Å². The van der Waals surface area contributed by atoms with Crippen molar-refractivity contribution in [1.29, 1.82) is 0 Å². The van der Waals surface area contributed by atoms with Gasteiger partial charge in [0.2, 0.25) is 5.91 Å². The number of halogens is 3. The monoisotopic (exact) mass is 884 g/mol. The molecule has 3 aromatic carbocycles. The van der Waals surface area contributed by atoms with Gasteiger partial charge < -0.3 is 29.2 Å². The van der Waals surface area contributed by atoms with E-state index in [-0.39, 0.29) is 55.2 Å². The number of amides is 3. The Labute approximate surface area is 365 Å². The largest absolute Gasteiger partial charge is 0.496 e. The number of hydrogen-bond donors (Lipinski definition) is 3. The first-order valence-corrected chi connectivity index (χ1v) is 21.3. The number of aryl methyl sites for hydroxylation is 2. The average molecular weight is 885 g/mol. The van der Waals surface area contributed by atoms with Crippen LogP contribution in [0.2, 0.25) is 5.02 Å². The minimum absolute atomic E-state index is 0.00875. The van der Waals surface area contributed by atoms with E-state index >= 15 is 4.79 Å². The number of fused-ring (bicyclic) bond motifs is 2. The van der Waals surface area contributed by atoms with Crippen LogP contribution in [0.5, 0.6) is 11.5 Å². The SMILES string of the molecule is COCCNC(=O)C1CC2CC(c3ccc(CCCOc4c(F)ccc(F)c4Cl)cc3)=C(C(=O)N(Cc3ccc(OC)c(C)c3)C3CC3)C(C1)N2C(=O)OCCCCON(O)O. The zero-order chi connectivity index (χ0) is 44.3. The summed E-state index contributed by atoms with van der Waals surface area (Å²) in [6, 6.07) is 14.3. The van der Waals surface area contributed by atoms with E-state index in [1.165, 1.54) is 0 Å². The first-order valence-electron chi connectivity index (χ1n) is 21.0. The molecule has 2 heterocycles. The Morgan fingerprint density at radius 2 is 1.63 bits per heavy atom. The number of benzene rings is 3. The van der Waals surface area contributed by atoms with Gasteiger partial charge in [0, 0.05) is 43.8 Å². The molecule has 2 bridgehead atoms. The molecule has 1 saturated carbocycles. The Kier molecular flexibility index (Phi) is 16.5. The highest BCUT2D eigenvalue weighted by Gasteiger charge is 2.50. The molecule has 3 N–H and O–H groups in total. The smallest absolute Gasteiger partial charge is 0.410 e. The lowest BCUT2D eigenvalue weighted by Crippen LogP contribution is -2.59. The zero-order valence-corrected chi connectivity index (χ0v) is 36.0. The Hall–Kier alpha value is -4.84. The number of carbonyl (C=O) groups excluding carboxylic acids is 3. The Balaban J connectivity index is 1.31. The molecule has 1 saturated heterocycles. The van der Waals surface area contributed by atoms with Crippen LogP contribution in [0, 0.1) is 24.5 Å². The summed E-state index contributed by atoms with van der Waals surface area (Å²) in [6.07, 6.45) is 3.69. The first-order chi connectivity index (χ1) is 29.9. The van der Waals surface area contributed by atoms with Crippen LogP contribution in [0.4, 0.5) is 13.6 Å². The quantitative estimate of drug-likeness (QED) is 0.0555. The van der Waals surface area contributed by atoms with Crippen LogP contribution in [0.25, 0.3) is 5.57 Å². The number of rotatable bonds is 21. The van der Waals surface area contributed by atoms with Gasteiger partial charge in [0.1, 0.15) is 16.6 Å². The normalized spacial score (nSPS) is 18.5. The van der Waals surface area contributed by atoms with Crippen LogP contribution in [0.1, 0.15) is 73.6 Å². The lowest BCUT2D eigenvalue weighted by molar-refractivity contribution is -0.492. The van der Waals surface area contributed by atoms with Crippen LogP contribution in [-0.2, 0) is 36.9 Å². The molecule has 0 spiro atoms. The molecule has 1 aliphatic carbocycles. The predicted molar refractivity (Wildman–Crippen MR) is 223 cm³/mol. The molecule has 0 radical (unpaired) electrons. The topological polar surface area (TPSA) is 160 Å².